The van der Waals surface area contributed by atoms with Gasteiger partial charge in [0.15, 0.2) is 0 Å². The van der Waals surface area contributed by atoms with Gasteiger partial charge >= 0.3 is 0 Å². The Morgan fingerprint density at radius 3 is 2.83 bits per heavy atom. The van der Waals surface area contributed by atoms with Crippen LogP contribution in [0.5, 0.6) is 0 Å². The Morgan fingerprint density at radius 2 is 2.13 bits per heavy atom. The lowest BCUT2D eigenvalue weighted by atomic mass is 10.1. The zero-order valence-electron chi connectivity index (χ0n) is 13.1. The number of imidazole rings is 1. The maximum absolute atomic E-state index is 12.3. The Bertz CT molecular complexity index is 696. The molecule has 0 saturated carbocycles. The number of para-hydroxylation sites is 1. The molecule has 1 aliphatic heterocycles. The quantitative estimate of drug-likeness (QED) is 0.906. The number of aromatic nitrogens is 2. The van der Waals surface area contributed by atoms with Crippen LogP contribution in [-0.4, -0.2) is 34.5 Å². The van der Waals surface area contributed by atoms with E-state index in [1.807, 2.05) is 48.0 Å². The molecule has 2 heterocycles. The van der Waals surface area contributed by atoms with Crippen LogP contribution < -0.4 is 10.2 Å². The topological polar surface area (TPSA) is 67.2 Å². The fraction of sp³-hybridized carbons (Fsp3) is 0.353. The molecule has 0 aliphatic carbocycles. The largest absolute Gasteiger partial charge is 0.354 e. The lowest BCUT2D eigenvalue weighted by Gasteiger charge is -2.16. The highest BCUT2D eigenvalue weighted by atomic mass is 16.2. The first-order chi connectivity index (χ1) is 11.1. The molecular weight excluding hydrogens is 292 g/mol. The highest BCUT2D eigenvalue weighted by Crippen LogP contribution is 2.24. The van der Waals surface area contributed by atoms with Crippen molar-refractivity contribution in [2.75, 3.05) is 18.0 Å². The second kappa shape index (κ2) is 6.64. The predicted molar refractivity (Wildman–Crippen MR) is 86.9 cm³/mol. The number of nitrogens with zero attached hydrogens (tertiary/aromatic N) is 3. The standard InChI is InChI=1S/C17H20N4O2/c1-13-18-7-9-20(13)10-8-19-17(23)14-11-16(22)21(12-14)15-5-3-2-4-6-15/h2-7,9,14H,8,10-12H2,1H3,(H,19,23)/t14-/m1/s1. The summed E-state index contributed by atoms with van der Waals surface area (Å²) in [5.41, 5.74) is 0.849. The predicted octanol–water partition coefficient (Wildman–Crippen LogP) is 1.36. The van der Waals surface area contributed by atoms with Gasteiger partial charge in [0.05, 0.1) is 5.92 Å². The van der Waals surface area contributed by atoms with Gasteiger partial charge in [0.1, 0.15) is 5.82 Å². The Kier molecular flexibility index (Phi) is 4.41. The van der Waals surface area contributed by atoms with E-state index in [0.717, 1.165) is 11.5 Å². The number of benzene rings is 1. The van der Waals surface area contributed by atoms with Crippen molar-refractivity contribution in [3.8, 4) is 0 Å². The molecule has 1 fully saturated rings. The average Bonchev–Trinajstić information content (AvgIpc) is 3.14. The zero-order valence-corrected chi connectivity index (χ0v) is 13.1. The third kappa shape index (κ3) is 3.41. The highest BCUT2D eigenvalue weighted by molar-refractivity contribution is 6.00. The molecule has 0 unspecified atom stereocenters. The molecule has 0 radical (unpaired) electrons. The van der Waals surface area contributed by atoms with Gasteiger partial charge in [0, 0.05) is 44.1 Å². The van der Waals surface area contributed by atoms with Crippen molar-refractivity contribution < 1.29 is 9.59 Å². The Hall–Kier alpha value is -2.63. The number of rotatable bonds is 5. The van der Waals surface area contributed by atoms with Gasteiger partial charge in [-0.05, 0) is 19.1 Å². The summed E-state index contributed by atoms with van der Waals surface area (Å²) in [6.45, 7) is 3.58. The number of nitrogens with one attached hydrogen (secondary N) is 1. The van der Waals surface area contributed by atoms with Crippen molar-refractivity contribution in [3.63, 3.8) is 0 Å². The molecular formula is C17H20N4O2. The molecule has 2 amide bonds. The molecule has 1 atom stereocenters. The van der Waals surface area contributed by atoms with E-state index in [0.29, 0.717) is 19.6 Å². The van der Waals surface area contributed by atoms with E-state index in [1.165, 1.54) is 0 Å². The maximum atomic E-state index is 12.3. The van der Waals surface area contributed by atoms with E-state index < -0.39 is 0 Å². The van der Waals surface area contributed by atoms with Gasteiger partial charge in [-0.2, -0.15) is 0 Å². The molecule has 1 aliphatic rings. The van der Waals surface area contributed by atoms with Crippen LogP contribution in [0.2, 0.25) is 0 Å². The lowest BCUT2D eigenvalue weighted by Crippen LogP contribution is -2.34. The molecule has 0 spiro atoms. The molecule has 0 bridgehead atoms. The molecule has 1 aromatic carbocycles. The highest BCUT2D eigenvalue weighted by Gasteiger charge is 2.34. The summed E-state index contributed by atoms with van der Waals surface area (Å²) in [5.74, 6) is 0.577. The van der Waals surface area contributed by atoms with Crippen molar-refractivity contribution >= 4 is 17.5 Å². The lowest BCUT2D eigenvalue weighted by molar-refractivity contribution is -0.126. The van der Waals surface area contributed by atoms with Gasteiger partial charge in [-0.25, -0.2) is 4.98 Å². The molecule has 3 rings (SSSR count). The summed E-state index contributed by atoms with van der Waals surface area (Å²) in [6, 6.07) is 9.47. The minimum absolute atomic E-state index is 0.00167. The van der Waals surface area contributed by atoms with Crippen LogP contribution in [0.25, 0.3) is 0 Å². The van der Waals surface area contributed by atoms with E-state index in [2.05, 4.69) is 10.3 Å². The summed E-state index contributed by atoms with van der Waals surface area (Å²) < 4.78 is 1.98. The first-order valence-corrected chi connectivity index (χ1v) is 7.76. The van der Waals surface area contributed by atoms with Crippen molar-refractivity contribution in [1.29, 1.82) is 0 Å². The molecule has 1 N–H and O–H groups in total. The van der Waals surface area contributed by atoms with Gasteiger partial charge in [-0.1, -0.05) is 18.2 Å². The third-order valence-corrected chi connectivity index (χ3v) is 4.14. The van der Waals surface area contributed by atoms with E-state index >= 15 is 0 Å². The summed E-state index contributed by atoms with van der Waals surface area (Å²) in [4.78, 5) is 30.2. The van der Waals surface area contributed by atoms with Crippen LogP contribution in [0.1, 0.15) is 12.2 Å². The van der Waals surface area contributed by atoms with Gasteiger partial charge in [0.25, 0.3) is 0 Å². The van der Waals surface area contributed by atoms with Crippen LogP contribution in [0.3, 0.4) is 0 Å². The van der Waals surface area contributed by atoms with Crippen LogP contribution in [-0.2, 0) is 16.1 Å². The van der Waals surface area contributed by atoms with Gasteiger partial charge in [0.2, 0.25) is 11.8 Å². The smallest absolute Gasteiger partial charge is 0.227 e. The number of carbonyl (C=O) groups excluding carboxylic acids is 2. The number of hydrogen-bond acceptors (Lipinski definition) is 3. The normalized spacial score (nSPS) is 17.5. The number of hydrogen-bond donors (Lipinski definition) is 1. The fourth-order valence-electron chi connectivity index (χ4n) is 2.82. The Labute approximate surface area is 135 Å². The van der Waals surface area contributed by atoms with Gasteiger partial charge < -0.3 is 14.8 Å². The molecule has 6 nitrogen and oxygen atoms in total. The minimum Gasteiger partial charge on any atom is -0.354 e. The first kappa shape index (κ1) is 15.3. The van der Waals surface area contributed by atoms with E-state index in [1.54, 1.807) is 11.1 Å². The summed E-state index contributed by atoms with van der Waals surface area (Å²) in [7, 11) is 0. The van der Waals surface area contributed by atoms with E-state index in [9.17, 15) is 9.59 Å². The number of aryl methyl sites for hydroxylation is 1. The van der Waals surface area contributed by atoms with Crippen molar-refractivity contribution in [1.82, 2.24) is 14.9 Å². The molecule has 6 heteroatoms. The van der Waals surface area contributed by atoms with E-state index in [4.69, 9.17) is 0 Å². The van der Waals surface area contributed by atoms with Crippen molar-refractivity contribution in [3.05, 3.63) is 48.5 Å². The van der Waals surface area contributed by atoms with Gasteiger partial charge in [-0.15, -0.1) is 0 Å². The van der Waals surface area contributed by atoms with Crippen LogP contribution in [0.15, 0.2) is 42.7 Å². The Balaban J connectivity index is 1.53. The summed E-state index contributed by atoms with van der Waals surface area (Å²) in [6.07, 6.45) is 3.90. The monoisotopic (exact) mass is 312 g/mol. The summed E-state index contributed by atoms with van der Waals surface area (Å²) in [5, 5.41) is 2.92. The van der Waals surface area contributed by atoms with Gasteiger partial charge in [-0.3, -0.25) is 9.59 Å². The number of amides is 2. The minimum atomic E-state index is -0.286. The van der Waals surface area contributed by atoms with Crippen LogP contribution in [0.4, 0.5) is 5.69 Å². The molecule has 2 aromatic rings. The third-order valence-electron chi connectivity index (χ3n) is 4.14. The molecule has 120 valence electrons. The average molecular weight is 312 g/mol. The maximum Gasteiger partial charge on any atom is 0.227 e. The fourth-order valence-corrected chi connectivity index (χ4v) is 2.82. The van der Waals surface area contributed by atoms with E-state index in [-0.39, 0.29) is 24.2 Å². The zero-order chi connectivity index (χ0) is 16.2. The molecule has 23 heavy (non-hydrogen) atoms. The number of carbonyl (C=O) groups is 2. The number of anilines is 1. The van der Waals surface area contributed by atoms with Crippen molar-refractivity contribution in [2.45, 2.75) is 19.9 Å². The van der Waals surface area contributed by atoms with Crippen LogP contribution >= 0.6 is 0 Å². The SMILES string of the molecule is Cc1nccn1CCNC(=O)[C@@H]1CC(=O)N(c2ccccc2)C1. The second-order valence-electron chi connectivity index (χ2n) is 5.70. The Morgan fingerprint density at radius 1 is 1.35 bits per heavy atom. The molecule has 1 aromatic heterocycles. The summed E-state index contributed by atoms with van der Waals surface area (Å²) >= 11 is 0. The first-order valence-electron chi connectivity index (χ1n) is 7.76. The molecule has 1 saturated heterocycles. The van der Waals surface area contributed by atoms with Crippen LogP contribution in [0, 0.1) is 12.8 Å². The van der Waals surface area contributed by atoms with Crippen molar-refractivity contribution in [2.24, 2.45) is 5.92 Å². The second-order valence-corrected chi connectivity index (χ2v) is 5.70.